The number of hydrogen-bond donors (Lipinski definition) is 1. The van der Waals surface area contributed by atoms with Crippen LogP contribution in [0.3, 0.4) is 0 Å². The van der Waals surface area contributed by atoms with E-state index in [1.165, 1.54) is 0 Å². The van der Waals surface area contributed by atoms with Crippen molar-refractivity contribution >= 4 is 11.6 Å². The fourth-order valence-corrected chi connectivity index (χ4v) is 2.71. The van der Waals surface area contributed by atoms with Crippen LogP contribution >= 0.6 is 0 Å². The van der Waals surface area contributed by atoms with Crippen LogP contribution < -0.4 is 10.5 Å². The molecule has 1 atom stereocenters. The van der Waals surface area contributed by atoms with Gasteiger partial charge in [-0.2, -0.15) is 0 Å². The highest BCUT2D eigenvalue weighted by molar-refractivity contribution is 5.95. The van der Waals surface area contributed by atoms with Crippen molar-refractivity contribution in [2.24, 2.45) is 5.92 Å². The number of ether oxygens (including phenoxy) is 1. The molecule has 1 fully saturated rings. The van der Waals surface area contributed by atoms with Gasteiger partial charge < -0.3 is 20.3 Å². The molecule has 2 rings (SSSR count). The molecule has 0 saturated carbocycles. The zero-order valence-corrected chi connectivity index (χ0v) is 12.4. The standard InChI is InChI=1S/C15H23N3O2/c1-17-7-6-11(9-17)10-18(2)15(19)12-4-5-13(16)14(8-12)20-3/h4-5,8,11H,6-7,9-10,16H2,1-3H3. The minimum absolute atomic E-state index is 0.0119. The van der Waals surface area contributed by atoms with Gasteiger partial charge in [0.05, 0.1) is 12.8 Å². The highest BCUT2D eigenvalue weighted by Gasteiger charge is 2.23. The maximum Gasteiger partial charge on any atom is 0.253 e. The first-order valence-electron chi connectivity index (χ1n) is 6.88. The number of likely N-dealkylation sites (tertiary alicyclic amines) is 1. The number of nitrogen functional groups attached to an aromatic ring is 1. The molecule has 0 aliphatic carbocycles. The highest BCUT2D eigenvalue weighted by Crippen LogP contribution is 2.23. The second kappa shape index (κ2) is 6.13. The van der Waals surface area contributed by atoms with Crippen LogP contribution in [0.5, 0.6) is 5.75 Å². The maximum absolute atomic E-state index is 12.4. The summed E-state index contributed by atoms with van der Waals surface area (Å²) >= 11 is 0. The fourth-order valence-electron chi connectivity index (χ4n) is 2.71. The van der Waals surface area contributed by atoms with Crippen LogP contribution in [0.25, 0.3) is 0 Å². The molecule has 2 N–H and O–H groups in total. The lowest BCUT2D eigenvalue weighted by molar-refractivity contribution is 0.0773. The van der Waals surface area contributed by atoms with Gasteiger partial charge in [-0.05, 0) is 44.1 Å². The summed E-state index contributed by atoms with van der Waals surface area (Å²) in [6.07, 6.45) is 1.15. The lowest BCUT2D eigenvalue weighted by atomic mass is 10.1. The van der Waals surface area contributed by atoms with Crippen molar-refractivity contribution in [1.82, 2.24) is 9.80 Å². The predicted octanol–water partition coefficient (Wildman–Crippen LogP) is 1.30. The summed E-state index contributed by atoms with van der Waals surface area (Å²) in [5.41, 5.74) is 6.93. The molecule has 1 aliphatic heterocycles. The second-order valence-corrected chi connectivity index (χ2v) is 5.56. The van der Waals surface area contributed by atoms with Crippen LogP contribution in [0.1, 0.15) is 16.8 Å². The summed E-state index contributed by atoms with van der Waals surface area (Å²) in [7, 11) is 5.52. The van der Waals surface area contributed by atoms with Gasteiger partial charge in [-0.15, -0.1) is 0 Å². The number of methoxy groups -OCH3 is 1. The largest absolute Gasteiger partial charge is 0.495 e. The van der Waals surface area contributed by atoms with Gasteiger partial charge in [-0.25, -0.2) is 0 Å². The molecule has 0 bridgehead atoms. The van der Waals surface area contributed by atoms with E-state index in [1.807, 2.05) is 7.05 Å². The summed E-state index contributed by atoms with van der Waals surface area (Å²) in [6.45, 7) is 2.96. The van der Waals surface area contributed by atoms with Gasteiger partial charge >= 0.3 is 0 Å². The van der Waals surface area contributed by atoms with E-state index in [1.54, 1.807) is 30.2 Å². The Morgan fingerprint density at radius 1 is 1.55 bits per heavy atom. The third kappa shape index (κ3) is 3.22. The molecule has 1 aromatic rings. The Kier molecular flexibility index (Phi) is 4.49. The second-order valence-electron chi connectivity index (χ2n) is 5.56. The van der Waals surface area contributed by atoms with Gasteiger partial charge in [-0.3, -0.25) is 4.79 Å². The Labute approximate surface area is 120 Å². The van der Waals surface area contributed by atoms with Gasteiger partial charge in [0.1, 0.15) is 5.75 Å². The minimum atomic E-state index is 0.0119. The number of rotatable bonds is 4. The quantitative estimate of drug-likeness (QED) is 0.843. The van der Waals surface area contributed by atoms with Crippen molar-refractivity contribution in [2.45, 2.75) is 6.42 Å². The zero-order chi connectivity index (χ0) is 14.7. The van der Waals surface area contributed by atoms with E-state index in [2.05, 4.69) is 11.9 Å². The molecule has 110 valence electrons. The van der Waals surface area contributed by atoms with Crippen LogP contribution in [0.4, 0.5) is 5.69 Å². The first kappa shape index (κ1) is 14.7. The zero-order valence-electron chi connectivity index (χ0n) is 12.4. The molecule has 0 spiro atoms. The number of hydrogen-bond acceptors (Lipinski definition) is 4. The Morgan fingerprint density at radius 3 is 2.90 bits per heavy atom. The van der Waals surface area contributed by atoms with Crippen molar-refractivity contribution in [2.75, 3.05) is 46.6 Å². The molecule has 0 aromatic heterocycles. The first-order chi connectivity index (χ1) is 9.51. The Morgan fingerprint density at radius 2 is 2.30 bits per heavy atom. The number of nitrogens with two attached hydrogens (primary N) is 1. The van der Waals surface area contributed by atoms with Crippen LogP contribution in [-0.2, 0) is 0 Å². The molecule has 5 heteroatoms. The molecule has 5 nitrogen and oxygen atoms in total. The molecule has 1 aromatic carbocycles. The van der Waals surface area contributed by atoms with Crippen molar-refractivity contribution < 1.29 is 9.53 Å². The molecular weight excluding hydrogens is 254 g/mol. The minimum Gasteiger partial charge on any atom is -0.495 e. The molecule has 1 amide bonds. The number of carbonyl (C=O) groups is 1. The number of amides is 1. The van der Waals surface area contributed by atoms with E-state index in [0.717, 1.165) is 26.1 Å². The van der Waals surface area contributed by atoms with E-state index < -0.39 is 0 Å². The molecule has 0 radical (unpaired) electrons. The third-order valence-electron chi connectivity index (χ3n) is 3.85. The fraction of sp³-hybridized carbons (Fsp3) is 0.533. The molecule has 1 unspecified atom stereocenters. The molecule has 1 aliphatic rings. The number of anilines is 1. The van der Waals surface area contributed by atoms with Gasteiger partial charge in [0, 0.05) is 25.7 Å². The number of nitrogens with zero attached hydrogens (tertiary/aromatic N) is 2. The van der Waals surface area contributed by atoms with E-state index in [-0.39, 0.29) is 5.91 Å². The Hall–Kier alpha value is -1.75. The normalized spacial score (nSPS) is 19.1. The lowest BCUT2D eigenvalue weighted by Gasteiger charge is -2.21. The smallest absolute Gasteiger partial charge is 0.253 e. The van der Waals surface area contributed by atoms with Crippen molar-refractivity contribution in [1.29, 1.82) is 0 Å². The van der Waals surface area contributed by atoms with Gasteiger partial charge in [0.15, 0.2) is 0 Å². The Balaban J connectivity index is 2.03. The van der Waals surface area contributed by atoms with Crippen molar-refractivity contribution in [3.05, 3.63) is 23.8 Å². The van der Waals surface area contributed by atoms with Crippen molar-refractivity contribution in [3.63, 3.8) is 0 Å². The predicted molar refractivity (Wildman–Crippen MR) is 80.0 cm³/mol. The summed E-state index contributed by atoms with van der Waals surface area (Å²) < 4.78 is 5.16. The van der Waals surface area contributed by atoms with Gasteiger partial charge in [0.2, 0.25) is 0 Å². The van der Waals surface area contributed by atoms with Crippen LogP contribution in [-0.4, -0.2) is 56.5 Å². The van der Waals surface area contributed by atoms with Crippen LogP contribution in [0.15, 0.2) is 18.2 Å². The van der Waals surface area contributed by atoms with E-state index in [0.29, 0.717) is 22.9 Å². The van der Waals surface area contributed by atoms with Gasteiger partial charge in [0.25, 0.3) is 5.91 Å². The summed E-state index contributed by atoms with van der Waals surface area (Å²) in [5, 5.41) is 0. The SMILES string of the molecule is COc1cc(C(=O)N(C)CC2CCN(C)C2)ccc1N. The van der Waals surface area contributed by atoms with Crippen molar-refractivity contribution in [3.8, 4) is 5.75 Å². The average Bonchev–Trinajstić information content (AvgIpc) is 2.83. The summed E-state index contributed by atoms with van der Waals surface area (Å²) in [5.74, 6) is 1.12. The van der Waals surface area contributed by atoms with Crippen LogP contribution in [0.2, 0.25) is 0 Å². The number of carbonyl (C=O) groups excluding carboxylic acids is 1. The van der Waals surface area contributed by atoms with Gasteiger partial charge in [-0.1, -0.05) is 0 Å². The first-order valence-corrected chi connectivity index (χ1v) is 6.88. The topological polar surface area (TPSA) is 58.8 Å². The third-order valence-corrected chi connectivity index (χ3v) is 3.85. The molecule has 1 heterocycles. The highest BCUT2D eigenvalue weighted by atomic mass is 16.5. The molecule has 20 heavy (non-hydrogen) atoms. The number of benzene rings is 1. The maximum atomic E-state index is 12.4. The van der Waals surface area contributed by atoms with E-state index in [9.17, 15) is 4.79 Å². The molecule has 1 saturated heterocycles. The lowest BCUT2D eigenvalue weighted by Crippen LogP contribution is -2.32. The average molecular weight is 277 g/mol. The Bertz CT molecular complexity index is 490. The van der Waals surface area contributed by atoms with E-state index >= 15 is 0 Å². The summed E-state index contributed by atoms with van der Waals surface area (Å²) in [4.78, 5) is 16.5. The molecular formula is C15H23N3O2. The van der Waals surface area contributed by atoms with Crippen LogP contribution in [0, 0.1) is 5.92 Å². The van der Waals surface area contributed by atoms with E-state index in [4.69, 9.17) is 10.5 Å². The monoisotopic (exact) mass is 277 g/mol. The summed E-state index contributed by atoms with van der Waals surface area (Å²) in [6, 6.07) is 5.16.